The fourth-order valence-corrected chi connectivity index (χ4v) is 5.18. The van der Waals surface area contributed by atoms with Crippen LogP contribution >= 0.6 is 0 Å². The van der Waals surface area contributed by atoms with Crippen LogP contribution in [0.5, 0.6) is 0 Å². The van der Waals surface area contributed by atoms with Gasteiger partial charge in [0.05, 0.1) is 13.2 Å². The number of nitrogens with one attached hydrogen (secondary N) is 1. The molecule has 2 aliphatic heterocycles. The minimum atomic E-state index is -0.561. The van der Waals surface area contributed by atoms with E-state index in [1.165, 1.54) is 36.6 Å². The van der Waals surface area contributed by atoms with E-state index < -0.39 is 5.97 Å². The standard InChI is InChI=1S/C21H27N3O3/c1-3-17-14(12-16(23-26)21(25)27-2)19-13-8-4-5-9-15(13)22-20(19)18-10-6-7-11-24(17)18/h4-5,8-9,14,17-18,22,26H,3,6-7,10-12H2,1-2H3. The smallest absolute Gasteiger partial charge is 0.355 e. The van der Waals surface area contributed by atoms with E-state index in [1.54, 1.807) is 0 Å². The van der Waals surface area contributed by atoms with Gasteiger partial charge in [0.15, 0.2) is 5.71 Å². The first kappa shape index (κ1) is 18.0. The van der Waals surface area contributed by atoms with Crippen LogP contribution in [0.4, 0.5) is 0 Å². The number of para-hydroxylation sites is 1. The fourth-order valence-electron chi connectivity index (χ4n) is 5.18. The molecule has 3 unspecified atom stereocenters. The number of hydrogen-bond acceptors (Lipinski definition) is 5. The molecule has 0 radical (unpaired) electrons. The Balaban J connectivity index is 1.86. The molecular formula is C21H27N3O3. The van der Waals surface area contributed by atoms with Crippen molar-refractivity contribution in [3.8, 4) is 0 Å². The van der Waals surface area contributed by atoms with Crippen LogP contribution in [0, 0.1) is 0 Å². The SMILES string of the molecule is CCC1C(CC(=NO)C(=O)OC)c2c([nH]c3ccccc23)C2CCCCN21. The molecule has 2 N–H and O–H groups in total. The van der Waals surface area contributed by atoms with Crippen molar-refractivity contribution in [2.75, 3.05) is 13.7 Å². The Morgan fingerprint density at radius 2 is 2.19 bits per heavy atom. The van der Waals surface area contributed by atoms with E-state index in [9.17, 15) is 10.0 Å². The molecule has 1 saturated heterocycles. The Morgan fingerprint density at radius 3 is 2.93 bits per heavy atom. The normalized spacial score (nSPS) is 25.9. The van der Waals surface area contributed by atoms with E-state index in [0.29, 0.717) is 18.5 Å². The Hall–Kier alpha value is -2.34. The van der Waals surface area contributed by atoms with E-state index >= 15 is 0 Å². The maximum Gasteiger partial charge on any atom is 0.355 e. The van der Waals surface area contributed by atoms with Crippen LogP contribution < -0.4 is 0 Å². The van der Waals surface area contributed by atoms with Gasteiger partial charge in [0.25, 0.3) is 0 Å². The van der Waals surface area contributed by atoms with E-state index in [4.69, 9.17) is 4.74 Å². The molecule has 3 atom stereocenters. The van der Waals surface area contributed by atoms with Crippen LogP contribution in [0.15, 0.2) is 29.4 Å². The third-order valence-corrected chi connectivity index (χ3v) is 6.29. The second kappa shape index (κ2) is 7.35. The first-order valence-electron chi connectivity index (χ1n) is 9.85. The number of carbonyl (C=O) groups is 1. The van der Waals surface area contributed by atoms with Gasteiger partial charge in [0, 0.05) is 35.0 Å². The lowest BCUT2D eigenvalue weighted by Crippen LogP contribution is -2.48. The highest BCUT2D eigenvalue weighted by atomic mass is 16.5. The van der Waals surface area contributed by atoms with Crippen molar-refractivity contribution in [1.82, 2.24) is 9.88 Å². The largest absolute Gasteiger partial charge is 0.464 e. The molecule has 3 heterocycles. The number of esters is 1. The van der Waals surface area contributed by atoms with Gasteiger partial charge in [0.2, 0.25) is 0 Å². The first-order valence-corrected chi connectivity index (χ1v) is 9.85. The molecule has 144 valence electrons. The highest BCUT2D eigenvalue weighted by molar-refractivity contribution is 6.36. The summed E-state index contributed by atoms with van der Waals surface area (Å²) in [6, 6.07) is 9.07. The molecule has 6 heteroatoms. The van der Waals surface area contributed by atoms with Crippen molar-refractivity contribution in [3.05, 3.63) is 35.5 Å². The molecule has 1 aromatic heterocycles. The number of H-pyrrole nitrogens is 1. The number of methoxy groups -OCH3 is 1. The maximum atomic E-state index is 12.1. The summed E-state index contributed by atoms with van der Waals surface area (Å²) >= 11 is 0. The summed E-state index contributed by atoms with van der Waals surface area (Å²) in [6.07, 6.45) is 4.95. The van der Waals surface area contributed by atoms with Gasteiger partial charge in [-0.2, -0.15) is 0 Å². The van der Waals surface area contributed by atoms with Gasteiger partial charge in [-0.1, -0.05) is 36.7 Å². The van der Waals surface area contributed by atoms with Gasteiger partial charge in [-0.25, -0.2) is 4.79 Å². The number of oxime groups is 1. The number of ether oxygens (including phenoxy) is 1. The first-order chi connectivity index (χ1) is 13.2. The number of fused-ring (bicyclic) bond motifs is 5. The molecule has 1 fully saturated rings. The van der Waals surface area contributed by atoms with Crippen LogP contribution in [-0.2, 0) is 9.53 Å². The summed E-state index contributed by atoms with van der Waals surface area (Å²) in [4.78, 5) is 18.3. The van der Waals surface area contributed by atoms with Gasteiger partial charge in [-0.05, 0) is 37.4 Å². The molecule has 4 rings (SSSR count). The van der Waals surface area contributed by atoms with Crippen molar-refractivity contribution in [3.63, 3.8) is 0 Å². The zero-order valence-corrected chi connectivity index (χ0v) is 15.9. The van der Waals surface area contributed by atoms with E-state index in [0.717, 1.165) is 24.9 Å². The highest BCUT2D eigenvalue weighted by Crippen LogP contribution is 2.49. The van der Waals surface area contributed by atoms with Crippen LogP contribution in [0.1, 0.15) is 62.2 Å². The Kier molecular flexibility index (Phi) is 4.91. The average Bonchev–Trinajstić information content (AvgIpc) is 3.11. The van der Waals surface area contributed by atoms with Crippen LogP contribution in [0.25, 0.3) is 10.9 Å². The quantitative estimate of drug-likeness (QED) is 0.370. The molecule has 2 aromatic rings. The zero-order chi connectivity index (χ0) is 19.0. The third-order valence-electron chi connectivity index (χ3n) is 6.29. The summed E-state index contributed by atoms with van der Waals surface area (Å²) in [5.41, 5.74) is 3.78. The second-order valence-electron chi connectivity index (χ2n) is 7.57. The maximum absolute atomic E-state index is 12.1. The number of carbonyl (C=O) groups excluding carboxylic acids is 1. The summed E-state index contributed by atoms with van der Waals surface area (Å²) in [5, 5.41) is 13.9. The summed E-state index contributed by atoms with van der Waals surface area (Å²) < 4.78 is 4.83. The van der Waals surface area contributed by atoms with Gasteiger partial charge < -0.3 is 14.9 Å². The van der Waals surface area contributed by atoms with Gasteiger partial charge in [-0.3, -0.25) is 4.90 Å². The Morgan fingerprint density at radius 1 is 1.37 bits per heavy atom. The summed E-state index contributed by atoms with van der Waals surface area (Å²) in [7, 11) is 1.32. The topological polar surface area (TPSA) is 77.9 Å². The zero-order valence-electron chi connectivity index (χ0n) is 15.9. The van der Waals surface area contributed by atoms with Crippen LogP contribution in [-0.4, -0.2) is 46.5 Å². The second-order valence-corrected chi connectivity index (χ2v) is 7.57. The minimum absolute atomic E-state index is 0.0838. The lowest BCUT2D eigenvalue weighted by atomic mass is 9.76. The molecule has 0 spiro atoms. The van der Waals surface area contributed by atoms with Gasteiger partial charge in [0.1, 0.15) is 0 Å². The molecule has 0 amide bonds. The molecule has 0 aliphatic carbocycles. The highest BCUT2D eigenvalue weighted by Gasteiger charge is 2.43. The van der Waals surface area contributed by atoms with E-state index in [1.807, 2.05) is 6.07 Å². The molecule has 6 nitrogen and oxygen atoms in total. The number of rotatable bonds is 4. The van der Waals surface area contributed by atoms with Crippen LogP contribution in [0.3, 0.4) is 0 Å². The molecule has 0 bridgehead atoms. The predicted molar refractivity (Wildman–Crippen MR) is 104 cm³/mol. The van der Waals surface area contributed by atoms with E-state index in [2.05, 4.69) is 40.2 Å². The number of aromatic nitrogens is 1. The summed E-state index contributed by atoms with van der Waals surface area (Å²) in [6.45, 7) is 3.27. The number of benzene rings is 1. The molecule has 1 aromatic carbocycles. The number of aromatic amines is 1. The average molecular weight is 369 g/mol. The molecule has 0 saturated carbocycles. The van der Waals surface area contributed by atoms with Crippen LogP contribution in [0.2, 0.25) is 0 Å². The minimum Gasteiger partial charge on any atom is -0.464 e. The van der Waals surface area contributed by atoms with Crippen molar-refractivity contribution in [1.29, 1.82) is 0 Å². The van der Waals surface area contributed by atoms with E-state index in [-0.39, 0.29) is 11.6 Å². The lowest BCUT2D eigenvalue weighted by Gasteiger charge is -2.48. The number of piperidine rings is 1. The Labute approximate surface area is 159 Å². The third kappa shape index (κ3) is 2.92. The monoisotopic (exact) mass is 369 g/mol. The predicted octanol–water partition coefficient (Wildman–Crippen LogP) is 3.96. The lowest BCUT2D eigenvalue weighted by molar-refractivity contribution is -0.133. The van der Waals surface area contributed by atoms with Crippen molar-refractivity contribution < 1.29 is 14.7 Å². The molecule has 2 aliphatic rings. The fraction of sp³-hybridized carbons (Fsp3) is 0.524. The van der Waals surface area contributed by atoms with Gasteiger partial charge >= 0.3 is 5.97 Å². The van der Waals surface area contributed by atoms with Crippen molar-refractivity contribution >= 4 is 22.6 Å². The Bertz CT molecular complexity index is 873. The van der Waals surface area contributed by atoms with Gasteiger partial charge in [-0.15, -0.1) is 0 Å². The van der Waals surface area contributed by atoms with Crippen molar-refractivity contribution in [2.45, 2.75) is 57.0 Å². The van der Waals surface area contributed by atoms with Crippen molar-refractivity contribution in [2.24, 2.45) is 5.16 Å². The number of hydrogen-bond donors (Lipinski definition) is 2. The summed E-state index contributed by atoms with van der Waals surface area (Å²) in [5.74, 6) is -0.477. The number of nitrogens with zero attached hydrogens (tertiary/aromatic N) is 2. The molecule has 27 heavy (non-hydrogen) atoms. The molecular weight excluding hydrogens is 342 g/mol.